The van der Waals surface area contributed by atoms with Crippen LogP contribution in [0.1, 0.15) is 11.3 Å². The van der Waals surface area contributed by atoms with Crippen molar-refractivity contribution in [3.63, 3.8) is 0 Å². The standard InChI is InChI=1S/C11H12N2O2/c12-11-7-9(13-15-11)4-1-8-2-5-10(14)6-3-8/h2-3,5-7,14H,1,4,12H2. The van der Waals surface area contributed by atoms with Crippen LogP contribution in [0.3, 0.4) is 0 Å². The molecule has 0 radical (unpaired) electrons. The molecule has 15 heavy (non-hydrogen) atoms. The second kappa shape index (κ2) is 4.04. The molecule has 0 fully saturated rings. The number of benzene rings is 1. The number of nitrogens with zero attached hydrogens (tertiary/aromatic N) is 1. The van der Waals surface area contributed by atoms with Gasteiger partial charge in [0.1, 0.15) is 5.75 Å². The highest BCUT2D eigenvalue weighted by atomic mass is 16.5. The lowest BCUT2D eigenvalue weighted by molar-refractivity contribution is 0.427. The highest BCUT2D eigenvalue weighted by Crippen LogP contribution is 2.12. The van der Waals surface area contributed by atoms with Crippen molar-refractivity contribution in [2.75, 3.05) is 5.73 Å². The van der Waals surface area contributed by atoms with E-state index < -0.39 is 0 Å². The van der Waals surface area contributed by atoms with Gasteiger partial charge in [0.15, 0.2) is 0 Å². The average molecular weight is 204 g/mol. The zero-order chi connectivity index (χ0) is 10.7. The Bertz CT molecular complexity index is 434. The normalized spacial score (nSPS) is 10.4. The molecule has 0 unspecified atom stereocenters. The van der Waals surface area contributed by atoms with Crippen LogP contribution in [-0.4, -0.2) is 10.3 Å². The first-order valence-electron chi connectivity index (χ1n) is 4.73. The van der Waals surface area contributed by atoms with Crippen LogP contribution in [0.4, 0.5) is 5.88 Å². The van der Waals surface area contributed by atoms with Crippen molar-refractivity contribution in [3.8, 4) is 5.75 Å². The van der Waals surface area contributed by atoms with Crippen LogP contribution in [0.15, 0.2) is 34.9 Å². The summed E-state index contributed by atoms with van der Waals surface area (Å²) in [5.74, 6) is 0.625. The number of aryl methyl sites for hydroxylation is 2. The van der Waals surface area contributed by atoms with E-state index in [2.05, 4.69) is 5.16 Å². The van der Waals surface area contributed by atoms with Crippen LogP contribution < -0.4 is 5.73 Å². The number of aromatic nitrogens is 1. The van der Waals surface area contributed by atoms with Crippen molar-refractivity contribution < 1.29 is 9.63 Å². The van der Waals surface area contributed by atoms with Gasteiger partial charge in [-0.25, -0.2) is 0 Å². The third-order valence-electron chi connectivity index (χ3n) is 2.18. The molecule has 1 aromatic carbocycles. The molecular weight excluding hydrogens is 192 g/mol. The fraction of sp³-hybridized carbons (Fsp3) is 0.182. The minimum Gasteiger partial charge on any atom is -0.508 e. The first kappa shape index (κ1) is 9.58. The van der Waals surface area contributed by atoms with Gasteiger partial charge >= 0.3 is 0 Å². The van der Waals surface area contributed by atoms with Gasteiger partial charge in [0, 0.05) is 6.07 Å². The molecule has 4 heteroatoms. The summed E-state index contributed by atoms with van der Waals surface area (Å²) >= 11 is 0. The Morgan fingerprint density at radius 2 is 1.93 bits per heavy atom. The Morgan fingerprint density at radius 1 is 1.20 bits per heavy atom. The van der Waals surface area contributed by atoms with Crippen molar-refractivity contribution in [1.82, 2.24) is 5.16 Å². The molecule has 78 valence electrons. The summed E-state index contributed by atoms with van der Waals surface area (Å²) < 4.78 is 4.76. The number of phenols is 1. The molecule has 0 amide bonds. The van der Waals surface area contributed by atoms with Crippen LogP contribution in [0, 0.1) is 0 Å². The first-order valence-corrected chi connectivity index (χ1v) is 4.73. The summed E-state index contributed by atoms with van der Waals surface area (Å²) in [5, 5.41) is 12.9. The van der Waals surface area contributed by atoms with Gasteiger partial charge in [-0.2, -0.15) is 0 Å². The Morgan fingerprint density at radius 3 is 2.53 bits per heavy atom. The molecule has 1 aromatic heterocycles. The van der Waals surface area contributed by atoms with Gasteiger partial charge in [0.2, 0.25) is 5.88 Å². The van der Waals surface area contributed by atoms with Crippen LogP contribution in [0.25, 0.3) is 0 Å². The van der Waals surface area contributed by atoms with E-state index in [1.807, 2.05) is 12.1 Å². The SMILES string of the molecule is Nc1cc(CCc2ccc(O)cc2)no1. The van der Waals surface area contributed by atoms with Crippen molar-refractivity contribution >= 4 is 5.88 Å². The van der Waals surface area contributed by atoms with Gasteiger partial charge in [0.05, 0.1) is 5.69 Å². The smallest absolute Gasteiger partial charge is 0.222 e. The molecule has 0 aliphatic carbocycles. The molecule has 0 bridgehead atoms. The van der Waals surface area contributed by atoms with E-state index in [1.165, 1.54) is 0 Å². The number of hydrogen-bond donors (Lipinski definition) is 2. The lowest BCUT2D eigenvalue weighted by Gasteiger charge is -1.98. The summed E-state index contributed by atoms with van der Waals surface area (Å²) in [6.07, 6.45) is 1.64. The maximum absolute atomic E-state index is 9.10. The topological polar surface area (TPSA) is 72.3 Å². The predicted octanol–water partition coefficient (Wildman–Crippen LogP) is 1.75. The summed E-state index contributed by atoms with van der Waals surface area (Å²) in [6, 6.07) is 8.84. The van der Waals surface area contributed by atoms with E-state index in [9.17, 15) is 0 Å². The lowest BCUT2D eigenvalue weighted by atomic mass is 10.1. The van der Waals surface area contributed by atoms with E-state index in [0.717, 1.165) is 24.1 Å². The van der Waals surface area contributed by atoms with Crippen LogP contribution >= 0.6 is 0 Å². The number of rotatable bonds is 3. The monoisotopic (exact) mass is 204 g/mol. The zero-order valence-electron chi connectivity index (χ0n) is 8.18. The fourth-order valence-electron chi connectivity index (χ4n) is 1.38. The van der Waals surface area contributed by atoms with E-state index in [4.69, 9.17) is 15.4 Å². The third-order valence-corrected chi connectivity index (χ3v) is 2.18. The van der Waals surface area contributed by atoms with Gasteiger partial charge in [-0.15, -0.1) is 0 Å². The van der Waals surface area contributed by atoms with Crippen molar-refractivity contribution in [2.24, 2.45) is 0 Å². The lowest BCUT2D eigenvalue weighted by Crippen LogP contribution is -1.90. The molecular formula is C11H12N2O2. The highest BCUT2D eigenvalue weighted by Gasteiger charge is 2.01. The number of nitrogens with two attached hydrogens (primary N) is 1. The molecule has 0 saturated carbocycles. The van der Waals surface area contributed by atoms with Crippen LogP contribution in [0.2, 0.25) is 0 Å². The summed E-state index contributed by atoms with van der Waals surface area (Å²) in [6.45, 7) is 0. The first-order chi connectivity index (χ1) is 7.24. The largest absolute Gasteiger partial charge is 0.508 e. The average Bonchev–Trinajstić information content (AvgIpc) is 2.64. The maximum atomic E-state index is 9.10. The number of hydrogen-bond acceptors (Lipinski definition) is 4. The van der Waals surface area contributed by atoms with Crippen LogP contribution in [-0.2, 0) is 12.8 Å². The van der Waals surface area contributed by atoms with E-state index >= 15 is 0 Å². The molecule has 2 rings (SSSR count). The quantitative estimate of drug-likeness (QED) is 0.798. The Hall–Kier alpha value is -1.97. The van der Waals surface area contributed by atoms with E-state index in [-0.39, 0.29) is 5.75 Å². The highest BCUT2D eigenvalue weighted by molar-refractivity contribution is 5.28. The Balaban J connectivity index is 1.96. The molecule has 0 aliphatic rings. The van der Waals surface area contributed by atoms with Crippen LogP contribution in [0.5, 0.6) is 5.75 Å². The molecule has 3 N–H and O–H groups in total. The molecule has 4 nitrogen and oxygen atoms in total. The van der Waals surface area contributed by atoms with Crippen molar-refractivity contribution in [3.05, 3.63) is 41.6 Å². The molecule has 1 heterocycles. The molecule has 0 aliphatic heterocycles. The predicted molar refractivity (Wildman–Crippen MR) is 56.4 cm³/mol. The summed E-state index contributed by atoms with van der Waals surface area (Å²) in [7, 11) is 0. The minimum atomic E-state index is 0.282. The number of anilines is 1. The molecule has 0 saturated heterocycles. The number of phenolic OH excluding ortho intramolecular Hbond substituents is 1. The number of aromatic hydroxyl groups is 1. The Labute approximate surface area is 87.3 Å². The zero-order valence-corrected chi connectivity index (χ0v) is 8.18. The van der Waals surface area contributed by atoms with Crippen molar-refractivity contribution in [1.29, 1.82) is 0 Å². The van der Waals surface area contributed by atoms with Crippen molar-refractivity contribution in [2.45, 2.75) is 12.8 Å². The summed E-state index contributed by atoms with van der Waals surface area (Å²) in [5.41, 5.74) is 7.40. The molecule has 0 atom stereocenters. The second-order valence-electron chi connectivity index (χ2n) is 3.39. The van der Waals surface area contributed by atoms with Gasteiger partial charge in [-0.3, -0.25) is 0 Å². The maximum Gasteiger partial charge on any atom is 0.222 e. The number of nitrogen functional groups attached to an aromatic ring is 1. The van der Waals surface area contributed by atoms with Gasteiger partial charge in [-0.1, -0.05) is 17.3 Å². The van der Waals surface area contributed by atoms with E-state index in [0.29, 0.717) is 5.88 Å². The van der Waals surface area contributed by atoms with Gasteiger partial charge in [0.25, 0.3) is 0 Å². The molecule has 2 aromatic rings. The molecule has 0 spiro atoms. The minimum absolute atomic E-state index is 0.282. The van der Waals surface area contributed by atoms with Gasteiger partial charge in [-0.05, 0) is 30.5 Å². The van der Waals surface area contributed by atoms with Gasteiger partial charge < -0.3 is 15.4 Å². The van der Waals surface area contributed by atoms with E-state index in [1.54, 1.807) is 18.2 Å². The fourth-order valence-corrected chi connectivity index (χ4v) is 1.38. The third kappa shape index (κ3) is 2.49. The Kier molecular flexibility index (Phi) is 2.58. The summed E-state index contributed by atoms with van der Waals surface area (Å²) in [4.78, 5) is 0. The second-order valence-corrected chi connectivity index (χ2v) is 3.39.